The van der Waals surface area contributed by atoms with Crippen molar-refractivity contribution in [1.82, 2.24) is 9.78 Å². The van der Waals surface area contributed by atoms with Gasteiger partial charge in [-0.15, -0.1) is 11.3 Å². The number of nitrogens with one attached hydrogen (secondary N) is 1. The first-order chi connectivity index (χ1) is 16.2. The lowest BCUT2D eigenvalue weighted by molar-refractivity contribution is -0.118. The molecule has 174 valence electrons. The first-order valence-corrected chi connectivity index (χ1v) is 11.8. The summed E-state index contributed by atoms with van der Waals surface area (Å²) in [6.45, 7) is 7.06. The van der Waals surface area contributed by atoms with Crippen molar-refractivity contribution >= 4 is 44.9 Å². The fourth-order valence-electron chi connectivity index (χ4n) is 3.40. The third kappa shape index (κ3) is 4.77. The fourth-order valence-corrected chi connectivity index (χ4v) is 4.47. The van der Waals surface area contributed by atoms with Crippen molar-refractivity contribution in [3.05, 3.63) is 76.8 Å². The van der Waals surface area contributed by atoms with Crippen molar-refractivity contribution in [2.45, 2.75) is 33.8 Å². The van der Waals surface area contributed by atoms with Crippen molar-refractivity contribution < 1.29 is 19.1 Å². The maximum absolute atomic E-state index is 12.8. The molecule has 0 aliphatic carbocycles. The first-order valence-electron chi connectivity index (χ1n) is 11.0. The summed E-state index contributed by atoms with van der Waals surface area (Å²) in [6, 6.07) is 18.0. The minimum atomic E-state index is -0.958. The van der Waals surface area contributed by atoms with Crippen LogP contribution in [0.25, 0.3) is 15.9 Å². The Hall–Kier alpha value is -3.78. The van der Waals surface area contributed by atoms with Crippen LogP contribution in [0.4, 0.5) is 5.69 Å². The number of nitrogens with zero attached hydrogens (tertiary/aromatic N) is 2. The molecule has 4 rings (SSSR count). The molecule has 8 heteroatoms. The molecule has 34 heavy (non-hydrogen) atoms. The van der Waals surface area contributed by atoms with Crippen LogP contribution in [0.5, 0.6) is 0 Å². The van der Waals surface area contributed by atoms with Crippen LogP contribution in [0.15, 0.2) is 60.7 Å². The Bertz CT molecular complexity index is 1350. The molecule has 0 saturated carbocycles. The van der Waals surface area contributed by atoms with Gasteiger partial charge in [-0.05, 0) is 56.3 Å². The molecule has 0 radical (unpaired) electrons. The van der Waals surface area contributed by atoms with E-state index >= 15 is 0 Å². The Morgan fingerprint density at radius 2 is 1.68 bits per heavy atom. The highest BCUT2D eigenvalue weighted by atomic mass is 32.1. The Kier molecular flexibility index (Phi) is 6.61. The zero-order valence-electron chi connectivity index (χ0n) is 19.4. The Morgan fingerprint density at radius 1 is 1.00 bits per heavy atom. The third-order valence-corrected chi connectivity index (χ3v) is 6.45. The average Bonchev–Trinajstić information content (AvgIpc) is 3.40. The van der Waals surface area contributed by atoms with E-state index in [1.54, 1.807) is 55.8 Å². The molecular weight excluding hydrogens is 450 g/mol. The van der Waals surface area contributed by atoms with Gasteiger partial charge in [0.25, 0.3) is 0 Å². The van der Waals surface area contributed by atoms with Gasteiger partial charge in [-0.3, -0.25) is 9.59 Å². The van der Waals surface area contributed by atoms with E-state index in [0.717, 1.165) is 21.6 Å². The van der Waals surface area contributed by atoms with E-state index in [1.165, 1.54) is 11.3 Å². The number of anilines is 1. The van der Waals surface area contributed by atoms with E-state index in [1.807, 2.05) is 37.3 Å². The fraction of sp³-hybridized carbons (Fsp3) is 0.231. The maximum atomic E-state index is 12.8. The molecule has 0 bridgehead atoms. The van der Waals surface area contributed by atoms with Crippen molar-refractivity contribution in [2.24, 2.45) is 5.92 Å². The number of carbonyl (C=O) groups excluding carboxylic acids is 3. The second kappa shape index (κ2) is 9.61. The Balaban J connectivity index is 1.47. The topological polar surface area (TPSA) is 90.3 Å². The Labute approximate surface area is 201 Å². The van der Waals surface area contributed by atoms with Crippen molar-refractivity contribution in [3.63, 3.8) is 0 Å². The Morgan fingerprint density at radius 3 is 2.32 bits per heavy atom. The highest BCUT2D eigenvalue weighted by Gasteiger charge is 2.23. The van der Waals surface area contributed by atoms with Crippen LogP contribution in [0, 0.1) is 12.8 Å². The second-order valence-electron chi connectivity index (χ2n) is 8.30. The lowest BCUT2D eigenvalue weighted by Gasteiger charge is -2.12. The number of aromatic nitrogens is 2. The summed E-state index contributed by atoms with van der Waals surface area (Å²) in [7, 11) is 0. The van der Waals surface area contributed by atoms with Crippen LogP contribution in [0.1, 0.15) is 46.5 Å². The van der Waals surface area contributed by atoms with Crippen molar-refractivity contribution in [1.29, 1.82) is 0 Å². The normalized spacial score (nSPS) is 12.0. The molecule has 0 aliphatic heterocycles. The predicted octanol–water partition coefficient (Wildman–Crippen LogP) is 5.42. The number of thiophene rings is 1. The molecule has 4 aromatic rings. The van der Waals surface area contributed by atoms with Gasteiger partial charge < -0.3 is 10.1 Å². The number of benzene rings is 2. The standard InChI is InChI=1S/C26H25N3O4S/c1-15(2)24(31)27-19-12-10-18(11-13-19)23(30)17(4)33-26(32)22-14-21-16(3)28-29(25(21)34-22)20-8-6-5-7-9-20/h5-15,17H,1-4H3,(H,27,31)/t17-/m1/s1. The quantitative estimate of drug-likeness (QED) is 0.285. The number of para-hydroxylation sites is 1. The third-order valence-electron chi connectivity index (χ3n) is 5.36. The van der Waals surface area contributed by atoms with E-state index in [2.05, 4.69) is 10.4 Å². The van der Waals surface area contributed by atoms with Crippen LogP contribution < -0.4 is 5.32 Å². The summed E-state index contributed by atoms with van der Waals surface area (Å²) < 4.78 is 7.29. The van der Waals surface area contributed by atoms with Crippen LogP contribution in [0.3, 0.4) is 0 Å². The van der Waals surface area contributed by atoms with Crippen LogP contribution in [-0.4, -0.2) is 33.5 Å². The molecule has 2 heterocycles. The minimum absolute atomic E-state index is 0.102. The number of amides is 1. The summed E-state index contributed by atoms with van der Waals surface area (Å²) in [5, 5.41) is 8.23. The largest absolute Gasteiger partial charge is 0.450 e. The zero-order chi connectivity index (χ0) is 24.4. The number of ketones is 1. The van der Waals surface area contributed by atoms with Gasteiger partial charge in [-0.2, -0.15) is 5.10 Å². The zero-order valence-corrected chi connectivity index (χ0v) is 20.2. The molecule has 7 nitrogen and oxygen atoms in total. The number of rotatable bonds is 7. The molecule has 0 fully saturated rings. The average molecular weight is 476 g/mol. The number of aryl methyl sites for hydroxylation is 1. The lowest BCUT2D eigenvalue weighted by atomic mass is 10.1. The molecule has 0 unspecified atom stereocenters. The second-order valence-corrected chi connectivity index (χ2v) is 9.33. The molecule has 2 aromatic carbocycles. The lowest BCUT2D eigenvalue weighted by Crippen LogP contribution is -2.24. The van der Waals surface area contributed by atoms with Gasteiger partial charge in [-0.1, -0.05) is 32.0 Å². The maximum Gasteiger partial charge on any atom is 0.349 e. The highest BCUT2D eigenvalue weighted by Crippen LogP contribution is 2.31. The summed E-state index contributed by atoms with van der Waals surface area (Å²) >= 11 is 1.28. The van der Waals surface area contributed by atoms with Crippen molar-refractivity contribution in [3.8, 4) is 5.69 Å². The molecule has 1 amide bonds. The van der Waals surface area contributed by atoms with Gasteiger partial charge >= 0.3 is 5.97 Å². The van der Waals surface area contributed by atoms with Crippen molar-refractivity contribution in [2.75, 3.05) is 5.32 Å². The number of hydrogen-bond acceptors (Lipinski definition) is 6. The SMILES string of the molecule is Cc1nn(-c2ccccc2)c2sc(C(=O)O[C@H](C)C(=O)c3ccc(NC(=O)C(C)C)cc3)cc12. The van der Waals surface area contributed by atoms with Gasteiger partial charge in [0.2, 0.25) is 11.7 Å². The molecule has 0 saturated heterocycles. The van der Waals surface area contributed by atoms with E-state index in [0.29, 0.717) is 16.1 Å². The summed E-state index contributed by atoms with van der Waals surface area (Å²) in [5.74, 6) is -1.12. The molecule has 1 N–H and O–H groups in total. The monoisotopic (exact) mass is 475 g/mol. The van der Waals surface area contributed by atoms with Gasteiger partial charge in [0.05, 0.1) is 11.4 Å². The number of ether oxygens (including phenoxy) is 1. The van der Waals surface area contributed by atoms with Gasteiger partial charge in [-0.25, -0.2) is 9.48 Å². The van der Waals surface area contributed by atoms with Crippen LogP contribution in [-0.2, 0) is 9.53 Å². The molecule has 1 atom stereocenters. The molecule has 2 aromatic heterocycles. The molecular formula is C26H25N3O4S. The summed E-state index contributed by atoms with van der Waals surface area (Å²) in [4.78, 5) is 38.7. The van der Waals surface area contributed by atoms with Gasteiger partial charge in [0.1, 0.15) is 9.71 Å². The van der Waals surface area contributed by atoms with E-state index in [4.69, 9.17) is 4.74 Å². The van der Waals surface area contributed by atoms with Gasteiger partial charge in [0.15, 0.2) is 6.10 Å². The van der Waals surface area contributed by atoms with E-state index in [-0.39, 0.29) is 17.6 Å². The number of esters is 1. The van der Waals surface area contributed by atoms with Crippen LogP contribution in [0.2, 0.25) is 0 Å². The summed E-state index contributed by atoms with van der Waals surface area (Å²) in [6.07, 6.45) is -0.958. The van der Waals surface area contributed by atoms with Crippen LogP contribution >= 0.6 is 11.3 Å². The van der Waals surface area contributed by atoms with E-state index < -0.39 is 12.1 Å². The number of carbonyl (C=O) groups is 3. The minimum Gasteiger partial charge on any atom is -0.450 e. The van der Waals surface area contributed by atoms with E-state index in [9.17, 15) is 14.4 Å². The van der Waals surface area contributed by atoms with Gasteiger partial charge in [0, 0.05) is 22.6 Å². The summed E-state index contributed by atoms with van der Waals surface area (Å²) in [5.41, 5.74) is 2.71. The molecule has 0 aliphatic rings. The first kappa shape index (κ1) is 23.4. The highest BCUT2D eigenvalue weighted by molar-refractivity contribution is 7.20. The number of fused-ring (bicyclic) bond motifs is 1. The number of hydrogen-bond donors (Lipinski definition) is 1. The smallest absolute Gasteiger partial charge is 0.349 e. The molecule has 0 spiro atoms. The number of Topliss-reactive ketones (excluding diaryl/α,β-unsaturated/α-hetero) is 1. The predicted molar refractivity (Wildman–Crippen MR) is 133 cm³/mol.